The number of nitrogens with one attached hydrogen (secondary N) is 1. The number of nitrogens with zero attached hydrogens (tertiary/aromatic N) is 5. The van der Waals surface area contributed by atoms with E-state index in [-0.39, 0.29) is 18.4 Å². The molecule has 3 aromatic heterocycles. The Morgan fingerprint density at radius 1 is 1.07 bits per heavy atom. The number of likely N-dealkylation sites (N-methyl/N-ethyl adjacent to an activating group) is 1. The van der Waals surface area contributed by atoms with Crippen LogP contribution in [0.25, 0.3) is 21.7 Å². The monoisotopic (exact) mass is 572 g/mol. The van der Waals surface area contributed by atoms with Crippen LogP contribution < -0.4 is 10.2 Å². The number of benzene rings is 2. The summed E-state index contributed by atoms with van der Waals surface area (Å²) in [6, 6.07) is 17.6. The number of aliphatic hydroxyl groups excluding tert-OH is 1. The zero-order valence-electron chi connectivity index (χ0n) is 22.9. The molecule has 3 amide bonds. The predicted molar refractivity (Wildman–Crippen MR) is 156 cm³/mol. The number of aliphatic hydroxyl groups is 1. The molecule has 3 heterocycles. The highest BCUT2D eigenvalue weighted by atomic mass is 32.1. The van der Waals surface area contributed by atoms with Gasteiger partial charge in [-0.1, -0.05) is 18.2 Å². The van der Waals surface area contributed by atoms with Crippen molar-refractivity contribution >= 4 is 51.7 Å². The Labute approximate surface area is 239 Å². The van der Waals surface area contributed by atoms with Crippen molar-refractivity contribution in [3.05, 3.63) is 83.2 Å². The van der Waals surface area contributed by atoms with E-state index in [2.05, 4.69) is 15.3 Å². The van der Waals surface area contributed by atoms with E-state index < -0.39 is 17.9 Å². The molecular weight excluding hydrogens is 544 g/mol. The van der Waals surface area contributed by atoms with Crippen LogP contribution in [0.1, 0.15) is 25.9 Å². The predicted octanol–water partition coefficient (Wildman–Crippen LogP) is 4.04. The fraction of sp³-hybridized carbons (Fsp3) is 0.207. The number of fused-ring (bicyclic) bond motifs is 1. The molecule has 0 aliphatic heterocycles. The van der Waals surface area contributed by atoms with E-state index in [0.29, 0.717) is 38.8 Å². The summed E-state index contributed by atoms with van der Waals surface area (Å²) in [4.78, 5) is 51.4. The summed E-state index contributed by atoms with van der Waals surface area (Å²) < 4.78 is 7.14. The third-order valence-corrected chi connectivity index (χ3v) is 7.54. The summed E-state index contributed by atoms with van der Waals surface area (Å²) in [6.07, 6.45) is 0.228. The summed E-state index contributed by atoms with van der Waals surface area (Å²) in [5, 5.41) is 13.5. The summed E-state index contributed by atoms with van der Waals surface area (Å²) in [5.74, 6) is 0.133. The van der Waals surface area contributed by atoms with Gasteiger partial charge >= 0.3 is 0 Å². The molecule has 0 radical (unpaired) electrons. The maximum Gasteiger partial charge on any atom is 0.268 e. The minimum absolute atomic E-state index is 0.145. The summed E-state index contributed by atoms with van der Waals surface area (Å²) in [5.41, 5.74) is 2.16. The first-order valence-corrected chi connectivity index (χ1v) is 13.5. The van der Waals surface area contributed by atoms with Gasteiger partial charge in [0, 0.05) is 39.3 Å². The Morgan fingerprint density at radius 2 is 1.83 bits per heavy atom. The van der Waals surface area contributed by atoms with Crippen molar-refractivity contribution in [2.45, 2.75) is 19.6 Å². The van der Waals surface area contributed by atoms with E-state index in [0.717, 1.165) is 4.88 Å². The van der Waals surface area contributed by atoms with Gasteiger partial charge in [0.1, 0.15) is 0 Å². The number of anilines is 2. The van der Waals surface area contributed by atoms with Gasteiger partial charge in [0.25, 0.3) is 17.7 Å². The maximum atomic E-state index is 13.3. The highest BCUT2D eigenvalue weighted by Crippen LogP contribution is 2.30. The van der Waals surface area contributed by atoms with Crippen molar-refractivity contribution in [2.75, 3.05) is 31.4 Å². The molecule has 12 heteroatoms. The van der Waals surface area contributed by atoms with Gasteiger partial charge in [-0.15, -0.1) is 11.3 Å². The van der Waals surface area contributed by atoms with Gasteiger partial charge in [0.05, 0.1) is 33.5 Å². The Balaban J connectivity index is 1.47. The lowest BCUT2D eigenvalue weighted by molar-refractivity contribution is -0.138. The number of aromatic nitrogens is 3. The van der Waals surface area contributed by atoms with E-state index in [1.165, 1.54) is 21.1 Å². The fourth-order valence-electron chi connectivity index (χ4n) is 4.28. The lowest BCUT2D eigenvalue weighted by Gasteiger charge is -2.19. The molecule has 1 atom stereocenters. The number of oxazole rings is 1. The minimum atomic E-state index is -1.37. The van der Waals surface area contributed by atoms with E-state index in [4.69, 9.17) is 4.42 Å². The van der Waals surface area contributed by atoms with Crippen LogP contribution in [0.3, 0.4) is 0 Å². The molecule has 5 rings (SSSR count). The average Bonchev–Trinajstić information content (AvgIpc) is 3.71. The van der Waals surface area contributed by atoms with E-state index in [9.17, 15) is 19.5 Å². The zero-order chi connectivity index (χ0) is 29.3. The van der Waals surface area contributed by atoms with Crippen molar-refractivity contribution in [2.24, 2.45) is 0 Å². The highest BCUT2D eigenvalue weighted by Gasteiger charge is 2.24. The average molecular weight is 573 g/mol. The second-order valence-electron chi connectivity index (χ2n) is 9.56. The van der Waals surface area contributed by atoms with Crippen LogP contribution in [0, 0.1) is 6.92 Å². The van der Waals surface area contributed by atoms with Crippen LogP contribution in [0.15, 0.2) is 71.3 Å². The van der Waals surface area contributed by atoms with Crippen molar-refractivity contribution in [1.29, 1.82) is 0 Å². The van der Waals surface area contributed by atoms with Crippen molar-refractivity contribution in [3.8, 4) is 10.6 Å². The summed E-state index contributed by atoms with van der Waals surface area (Å²) in [6.45, 7) is 1.60. The van der Waals surface area contributed by atoms with Gasteiger partial charge in [-0.3, -0.25) is 19.7 Å². The second kappa shape index (κ2) is 11.4. The molecule has 210 valence electrons. The van der Waals surface area contributed by atoms with Crippen LogP contribution in [0.5, 0.6) is 0 Å². The summed E-state index contributed by atoms with van der Waals surface area (Å²) in [7, 11) is 4.77. The van der Waals surface area contributed by atoms with Gasteiger partial charge in [0.2, 0.25) is 5.95 Å². The van der Waals surface area contributed by atoms with Gasteiger partial charge in [-0.2, -0.15) is 0 Å². The normalized spacial score (nSPS) is 11.8. The quantitative estimate of drug-likeness (QED) is 0.287. The van der Waals surface area contributed by atoms with Gasteiger partial charge in [0.15, 0.2) is 17.8 Å². The number of hydrogen-bond acceptors (Lipinski definition) is 8. The third-order valence-electron chi connectivity index (χ3n) is 6.45. The lowest BCUT2D eigenvalue weighted by Crippen LogP contribution is -2.36. The number of imidazole rings is 1. The summed E-state index contributed by atoms with van der Waals surface area (Å²) >= 11 is 1.23. The van der Waals surface area contributed by atoms with Crippen molar-refractivity contribution in [3.63, 3.8) is 0 Å². The number of thiophene rings is 1. The van der Waals surface area contributed by atoms with E-state index in [1.807, 2.05) is 6.07 Å². The molecule has 1 unspecified atom stereocenters. The molecule has 2 aromatic carbocycles. The van der Waals surface area contributed by atoms with Crippen LogP contribution in [0.4, 0.5) is 11.6 Å². The van der Waals surface area contributed by atoms with Crippen molar-refractivity contribution in [1.82, 2.24) is 19.4 Å². The molecule has 5 aromatic rings. The van der Waals surface area contributed by atoms with Gasteiger partial charge < -0.3 is 23.9 Å². The number of hydrogen-bond donors (Lipinski definition) is 2. The molecule has 0 aliphatic rings. The molecule has 0 aliphatic carbocycles. The molecule has 2 N–H and O–H groups in total. The largest absolute Gasteiger partial charge is 0.440 e. The van der Waals surface area contributed by atoms with Crippen LogP contribution in [0.2, 0.25) is 0 Å². The van der Waals surface area contributed by atoms with E-state index in [1.54, 1.807) is 93.4 Å². The Kier molecular flexibility index (Phi) is 7.68. The smallest absolute Gasteiger partial charge is 0.268 e. The number of carbonyl (C=O) groups is 3. The standard InChI is InChI=1S/C29H28N6O5S/c1-17-30-15-23(40-17)24-12-13-25(41-24)26(37)32-29-31-20-14-19(34(4)27(38)18-8-6-5-7-9-18)10-11-21(20)35(29)16-22(36)28(39)33(2)3/h5-15,22,36H,16H2,1-4H3,(H,31,32,37). The number of rotatable bonds is 8. The lowest BCUT2D eigenvalue weighted by atomic mass is 10.2. The fourth-order valence-corrected chi connectivity index (χ4v) is 5.13. The van der Waals surface area contributed by atoms with E-state index >= 15 is 0 Å². The zero-order valence-corrected chi connectivity index (χ0v) is 23.7. The van der Waals surface area contributed by atoms with Gasteiger partial charge in [-0.25, -0.2) is 9.97 Å². The molecule has 0 fully saturated rings. The van der Waals surface area contributed by atoms with Crippen LogP contribution in [-0.2, 0) is 11.3 Å². The first-order valence-electron chi connectivity index (χ1n) is 12.7. The molecule has 41 heavy (non-hydrogen) atoms. The molecule has 11 nitrogen and oxygen atoms in total. The number of amides is 3. The SMILES string of the molecule is Cc1ncc(-c2ccc(C(=O)Nc3nc4cc(N(C)C(=O)c5ccccc5)ccc4n3CC(O)C(=O)N(C)C)s2)o1. The molecule has 0 saturated heterocycles. The van der Waals surface area contributed by atoms with Crippen molar-refractivity contribution < 1.29 is 23.9 Å². The second-order valence-corrected chi connectivity index (χ2v) is 10.6. The Hall–Kier alpha value is -4.81. The first-order chi connectivity index (χ1) is 19.6. The van der Waals surface area contributed by atoms with Crippen LogP contribution in [-0.4, -0.2) is 69.5 Å². The number of aryl methyl sites for hydroxylation is 1. The van der Waals surface area contributed by atoms with Crippen LogP contribution >= 0.6 is 11.3 Å². The highest BCUT2D eigenvalue weighted by molar-refractivity contribution is 7.17. The number of carbonyl (C=O) groups excluding carboxylic acids is 3. The molecule has 0 saturated carbocycles. The molecule has 0 spiro atoms. The Morgan fingerprint density at radius 3 is 2.51 bits per heavy atom. The first kappa shape index (κ1) is 27.7. The molecular formula is C29H28N6O5S. The Bertz CT molecular complexity index is 1740. The minimum Gasteiger partial charge on any atom is -0.440 e. The molecule has 0 bridgehead atoms. The maximum absolute atomic E-state index is 13.3. The topological polar surface area (TPSA) is 134 Å². The third kappa shape index (κ3) is 5.74. The van der Waals surface area contributed by atoms with Gasteiger partial charge in [-0.05, 0) is 42.5 Å².